The van der Waals surface area contributed by atoms with E-state index in [0.29, 0.717) is 48.4 Å². The molecule has 0 bridgehead atoms. The van der Waals surface area contributed by atoms with Crippen molar-refractivity contribution in [3.8, 4) is 23.0 Å². The van der Waals surface area contributed by atoms with E-state index in [2.05, 4.69) is 5.32 Å². The van der Waals surface area contributed by atoms with Crippen LogP contribution in [-0.2, 0) is 10.8 Å². The van der Waals surface area contributed by atoms with E-state index in [1.54, 1.807) is 14.2 Å². The fourth-order valence-corrected chi connectivity index (χ4v) is 4.03. The lowest BCUT2D eigenvalue weighted by Crippen LogP contribution is -2.39. The Labute approximate surface area is 155 Å². The summed E-state index contributed by atoms with van der Waals surface area (Å²) in [5, 5.41) is 3.29. The Morgan fingerprint density at radius 2 is 1.85 bits per heavy atom. The van der Waals surface area contributed by atoms with Gasteiger partial charge in [0.15, 0.2) is 11.5 Å². The number of benzene rings is 2. The summed E-state index contributed by atoms with van der Waals surface area (Å²) in [4.78, 5) is 0.773. The first kappa shape index (κ1) is 18.5. The molecule has 2 aromatic carbocycles. The number of methoxy groups -OCH3 is 2. The SMILES string of the molecule is COc1cccc(OC)c1OCCNC[C@@H]1C[S@@](=O)c2ccccc2O1. The molecule has 0 saturated carbocycles. The molecule has 0 radical (unpaired) electrons. The first-order valence-corrected chi connectivity index (χ1v) is 9.73. The van der Waals surface area contributed by atoms with Gasteiger partial charge in [-0.05, 0) is 24.3 Å². The molecule has 2 aromatic rings. The van der Waals surface area contributed by atoms with Gasteiger partial charge in [-0.25, -0.2) is 0 Å². The average Bonchev–Trinajstić information content (AvgIpc) is 2.67. The van der Waals surface area contributed by atoms with E-state index >= 15 is 0 Å². The number of fused-ring (bicyclic) bond motifs is 1. The highest BCUT2D eigenvalue weighted by molar-refractivity contribution is 7.85. The number of rotatable bonds is 8. The van der Waals surface area contributed by atoms with Crippen molar-refractivity contribution in [2.75, 3.05) is 39.7 Å². The molecular weight excluding hydrogens is 354 g/mol. The molecule has 0 unspecified atom stereocenters. The van der Waals surface area contributed by atoms with Crippen LogP contribution in [0.4, 0.5) is 0 Å². The minimum absolute atomic E-state index is 0.119. The highest BCUT2D eigenvalue weighted by Gasteiger charge is 2.24. The number of hydrogen-bond donors (Lipinski definition) is 1. The van der Waals surface area contributed by atoms with Crippen LogP contribution in [0, 0.1) is 0 Å². The lowest BCUT2D eigenvalue weighted by molar-refractivity contribution is 0.203. The van der Waals surface area contributed by atoms with Gasteiger partial charge in [0.2, 0.25) is 5.75 Å². The van der Waals surface area contributed by atoms with Gasteiger partial charge >= 0.3 is 0 Å². The van der Waals surface area contributed by atoms with Crippen molar-refractivity contribution in [2.24, 2.45) is 0 Å². The predicted octanol–water partition coefficient (Wildman–Crippen LogP) is 2.24. The highest BCUT2D eigenvalue weighted by Crippen LogP contribution is 2.36. The van der Waals surface area contributed by atoms with Crippen LogP contribution in [-0.4, -0.2) is 50.0 Å². The second-order valence-electron chi connectivity index (χ2n) is 5.74. The molecule has 0 spiro atoms. The van der Waals surface area contributed by atoms with Crippen LogP contribution in [0.5, 0.6) is 23.0 Å². The molecular formula is C19H23NO5S. The fraction of sp³-hybridized carbons (Fsp3) is 0.368. The van der Waals surface area contributed by atoms with Crippen LogP contribution in [0.15, 0.2) is 47.4 Å². The van der Waals surface area contributed by atoms with Gasteiger partial charge in [0, 0.05) is 13.1 Å². The normalized spacial score (nSPS) is 18.5. The van der Waals surface area contributed by atoms with Crippen molar-refractivity contribution < 1.29 is 23.2 Å². The molecule has 2 atom stereocenters. The molecule has 1 heterocycles. The molecule has 0 amide bonds. The number of para-hydroxylation sites is 2. The monoisotopic (exact) mass is 377 g/mol. The zero-order valence-electron chi connectivity index (χ0n) is 14.9. The second kappa shape index (κ2) is 8.91. The summed E-state index contributed by atoms with van der Waals surface area (Å²) < 4.78 is 34.6. The molecule has 0 aromatic heterocycles. The fourth-order valence-electron chi connectivity index (χ4n) is 2.76. The Balaban J connectivity index is 1.47. The molecule has 0 aliphatic carbocycles. The van der Waals surface area contributed by atoms with Crippen LogP contribution < -0.4 is 24.3 Å². The van der Waals surface area contributed by atoms with Gasteiger partial charge < -0.3 is 24.3 Å². The molecule has 140 valence electrons. The van der Waals surface area contributed by atoms with Gasteiger partial charge in [-0.3, -0.25) is 4.21 Å². The van der Waals surface area contributed by atoms with Crippen LogP contribution >= 0.6 is 0 Å². The smallest absolute Gasteiger partial charge is 0.203 e. The van der Waals surface area contributed by atoms with Crippen molar-refractivity contribution in [3.63, 3.8) is 0 Å². The van der Waals surface area contributed by atoms with Crippen LogP contribution in [0.25, 0.3) is 0 Å². The molecule has 0 saturated heterocycles. The summed E-state index contributed by atoms with van der Waals surface area (Å²) in [6, 6.07) is 13.0. The predicted molar refractivity (Wildman–Crippen MR) is 100 cm³/mol. The number of ether oxygens (including phenoxy) is 4. The van der Waals surface area contributed by atoms with Gasteiger partial charge in [-0.2, -0.15) is 0 Å². The van der Waals surface area contributed by atoms with Crippen molar-refractivity contribution in [1.29, 1.82) is 0 Å². The lowest BCUT2D eigenvalue weighted by Gasteiger charge is -2.25. The third-order valence-electron chi connectivity index (χ3n) is 4.01. The Morgan fingerprint density at radius 3 is 2.58 bits per heavy atom. The van der Waals surface area contributed by atoms with E-state index in [9.17, 15) is 4.21 Å². The zero-order chi connectivity index (χ0) is 18.4. The maximum absolute atomic E-state index is 12.3. The molecule has 6 nitrogen and oxygen atoms in total. The maximum atomic E-state index is 12.3. The molecule has 3 rings (SSSR count). The molecule has 1 N–H and O–H groups in total. The number of hydrogen-bond acceptors (Lipinski definition) is 6. The third-order valence-corrected chi connectivity index (χ3v) is 5.51. The van der Waals surface area contributed by atoms with E-state index < -0.39 is 10.8 Å². The largest absolute Gasteiger partial charge is 0.493 e. The van der Waals surface area contributed by atoms with Crippen LogP contribution in [0.2, 0.25) is 0 Å². The summed E-state index contributed by atoms with van der Waals surface area (Å²) in [6.45, 7) is 1.67. The van der Waals surface area contributed by atoms with Gasteiger partial charge in [-0.1, -0.05) is 18.2 Å². The van der Waals surface area contributed by atoms with E-state index in [1.807, 2.05) is 42.5 Å². The van der Waals surface area contributed by atoms with Gasteiger partial charge in [-0.15, -0.1) is 0 Å². The quantitative estimate of drug-likeness (QED) is 0.712. The van der Waals surface area contributed by atoms with E-state index in [0.717, 1.165) is 4.90 Å². The van der Waals surface area contributed by atoms with Crippen LogP contribution in [0.3, 0.4) is 0 Å². The summed E-state index contributed by atoms with van der Waals surface area (Å²) in [5.41, 5.74) is 0. The summed E-state index contributed by atoms with van der Waals surface area (Å²) in [7, 11) is 2.17. The van der Waals surface area contributed by atoms with Crippen molar-refractivity contribution in [2.45, 2.75) is 11.0 Å². The molecule has 1 aliphatic rings. The molecule has 7 heteroatoms. The van der Waals surface area contributed by atoms with Gasteiger partial charge in [0.05, 0.1) is 35.7 Å². The molecule has 26 heavy (non-hydrogen) atoms. The first-order valence-electron chi connectivity index (χ1n) is 8.41. The Hall–Kier alpha value is -2.25. The second-order valence-corrected chi connectivity index (χ2v) is 7.21. The summed E-state index contributed by atoms with van der Waals surface area (Å²) in [5.74, 6) is 3.05. The Morgan fingerprint density at radius 1 is 1.12 bits per heavy atom. The minimum Gasteiger partial charge on any atom is -0.493 e. The van der Waals surface area contributed by atoms with E-state index in [-0.39, 0.29) is 6.10 Å². The Bertz CT molecular complexity index is 745. The van der Waals surface area contributed by atoms with Crippen molar-refractivity contribution in [3.05, 3.63) is 42.5 Å². The lowest BCUT2D eigenvalue weighted by atomic mass is 10.3. The van der Waals surface area contributed by atoms with Gasteiger partial charge in [0.25, 0.3) is 0 Å². The standard InChI is InChI=1S/C19H23NO5S/c1-22-16-7-5-8-17(23-2)19(16)24-11-10-20-12-14-13-26(21)18-9-4-3-6-15(18)25-14/h3-9,14,20H,10-13H2,1-2H3/t14-,26-/m1/s1. The highest BCUT2D eigenvalue weighted by atomic mass is 32.2. The summed E-state index contributed by atoms with van der Waals surface area (Å²) >= 11 is 0. The van der Waals surface area contributed by atoms with E-state index in [1.165, 1.54) is 0 Å². The van der Waals surface area contributed by atoms with Crippen LogP contribution in [0.1, 0.15) is 0 Å². The topological polar surface area (TPSA) is 66.0 Å². The maximum Gasteiger partial charge on any atom is 0.203 e. The van der Waals surface area contributed by atoms with Crippen molar-refractivity contribution >= 4 is 10.8 Å². The average molecular weight is 377 g/mol. The minimum atomic E-state index is -1.02. The number of nitrogens with one attached hydrogen (secondary N) is 1. The van der Waals surface area contributed by atoms with Crippen molar-refractivity contribution in [1.82, 2.24) is 5.32 Å². The first-order chi connectivity index (χ1) is 12.7. The third kappa shape index (κ3) is 4.28. The van der Waals surface area contributed by atoms with Gasteiger partial charge in [0.1, 0.15) is 18.5 Å². The summed E-state index contributed by atoms with van der Waals surface area (Å²) in [6.07, 6.45) is -0.119. The molecule has 1 aliphatic heterocycles. The van der Waals surface area contributed by atoms with E-state index in [4.69, 9.17) is 18.9 Å². The zero-order valence-corrected chi connectivity index (χ0v) is 15.7. The molecule has 0 fully saturated rings. The Kier molecular flexibility index (Phi) is 6.35.